The van der Waals surface area contributed by atoms with E-state index in [4.69, 9.17) is 0 Å². The Bertz CT molecular complexity index is 947. The molecule has 2 aliphatic rings. The molecule has 2 saturated heterocycles. The topological polar surface area (TPSA) is 78.4 Å². The normalized spacial score (nSPS) is 19.5. The maximum atomic E-state index is 12.8. The Balaban J connectivity index is 1.26. The molecule has 0 aliphatic carbocycles. The molecule has 1 atom stereocenters. The number of carbonyl (C=O) groups is 2. The van der Waals surface area contributed by atoms with Gasteiger partial charge in [-0.1, -0.05) is 32.9 Å². The summed E-state index contributed by atoms with van der Waals surface area (Å²) in [7, 11) is 0. The van der Waals surface area contributed by atoms with Crippen LogP contribution in [-0.2, 0) is 9.59 Å². The number of amides is 2. The summed E-state index contributed by atoms with van der Waals surface area (Å²) in [5.41, 5.74) is 2.14. The molecule has 3 heterocycles. The minimum absolute atomic E-state index is 0.0284. The van der Waals surface area contributed by atoms with Gasteiger partial charge in [0.1, 0.15) is 0 Å². The average molecular weight is 450 g/mol. The lowest BCUT2D eigenvalue weighted by Crippen LogP contribution is -2.39. The van der Waals surface area contributed by atoms with E-state index < -0.39 is 0 Å². The van der Waals surface area contributed by atoms with E-state index in [1.54, 1.807) is 6.20 Å². The quantitative estimate of drug-likeness (QED) is 0.744. The summed E-state index contributed by atoms with van der Waals surface area (Å²) < 4.78 is 0. The standard InChI is InChI=1S/C26H35N5O2/c1-26(2,3)17-24(32)30-14-10-20(11-15-30)19-6-8-22(9-7-19)28-25(33)21-12-16-31(18-21)23-5-4-13-27-29-23/h4-9,13,20-21H,10-12,14-18H2,1-3H3,(H,28,33). The Labute approximate surface area is 196 Å². The molecule has 1 unspecified atom stereocenters. The fourth-order valence-corrected chi connectivity index (χ4v) is 4.76. The molecule has 2 aliphatic heterocycles. The Hall–Kier alpha value is -2.96. The SMILES string of the molecule is CC(C)(C)CC(=O)N1CCC(c2ccc(NC(=O)C3CCN(c4cccnn4)C3)cc2)CC1. The number of carbonyl (C=O) groups excluding carboxylic acids is 2. The summed E-state index contributed by atoms with van der Waals surface area (Å²) in [6.07, 6.45) is 5.05. The van der Waals surface area contributed by atoms with E-state index in [1.165, 1.54) is 5.56 Å². The second-order valence-corrected chi connectivity index (χ2v) is 10.5. The summed E-state index contributed by atoms with van der Waals surface area (Å²) in [6.45, 7) is 9.45. The third-order valence-corrected chi connectivity index (χ3v) is 6.62. The molecule has 0 saturated carbocycles. The van der Waals surface area contributed by atoms with Gasteiger partial charge in [0.25, 0.3) is 0 Å². The van der Waals surface area contributed by atoms with E-state index >= 15 is 0 Å². The Morgan fingerprint density at radius 3 is 2.39 bits per heavy atom. The van der Waals surface area contributed by atoms with E-state index in [1.807, 2.05) is 29.2 Å². The van der Waals surface area contributed by atoms with Gasteiger partial charge in [0.05, 0.1) is 5.92 Å². The number of aromatic nitrogens is 2. The van der Waals surface area contributed by atoms with E-state index in [0.29, 0.717) is 18.9 Å². The van der Waals surface area contributed by atoms with Crippen LogP contribution in [0.1, 0.15) is 57.9 Å². The number of anilines is 2. The Kier molecular flexibility index (Phi) is 6.96. The monoisotopic (exact) mass is 449 g/mol. The van der Waals surface area contributed by atoms with Gasteiger partial charge in [0.15, 0.2) is 5.82 Å². The number of nitrogens with one attached hydrogen (secondary N) is 1. The highest BCUT2D eigenvalue weighted by atomic mass is 16.2. The third-order valence-electron chi connectivity index (χ3n) is 6.62. The maximum absolute atomic E-state index is 12.8. The van der Waals surface area contributed by atoms with Gasteiger partial charge >= 0.3 is 0 Å². The zero-order chi connectivity index (χ0) is 23.4. The lowest BCUT2D eigenvalue weighted by molar-refractivity contribution is -0.134. The molecule has 0 bridgehead atoms. The van der Waals surface area contributed by atoms with Gasteiger partial charge in [-0.15, -0.1) is 5.10 Å². The summed E-state index contributed by atoms with van der Waals surface area (Å²) >= 11 is 0. The van der Waals surface area contributed by atoms with Crippen LogP contribution in [0.15, 0.2) is 42.6 Å². The van der Waals surface area contributed by atoms with E-state index in [2.05, 4.69) is 53.3 Å². The molecule has 33 heavy (non-hydrogen) atoms. The lowest BCUT2D eigenvalue weighted by atomic mass is 9.87. The van der Waals surface area contributed by atoms with E-state index in [0.717, 1.165) is 50.4 Å². The summed E-state index contributed by atoms with van der Waals surface area (Å²) in [6, 6.07) is 12.0. The highest BCUT2D eigenvalue weighted by Gasteiger charge is 2.30. The fraction of sp³-hybridized carbons (Fsp3) is 0.538. The van der Waals surface area contributed by atoms with Gasteiger partial charge in [0, 0.05) is 44.5 Å². The van der Waals surface area contributed by atoms with Crippen LogP contribution in [0.5, 0.6) is 0 Å². The zero-order valence-electron chi connectivity index (χ0n) is 20.0. The molecule has 7 nitrogen and oxygen atoms in total. The van der Waals surface area contributed by atoms with Crippen molar-refractivity contribution >= 4 is 23.3 Å². The van der Waals surface area contributed by atoms with Crippen molar-refractivity contribution in [2.45, 2.75) is 52.4 Å². The molecule has 2 fully saturated rings. The van der Waals surface area contributed by atoms with E-state index in [9.17, 15) is 9.59 Å². The van der Waals surface area contributed by atoms with Crippen molar-refractivity contribution < 1.29 is 9.59 Å². The molecule has 1 N–H and O–H groups in total. The molecule has 2 aromatic rings. The van der Waals surface area contributed by atoms with Gasteiger partial charge in [-0.05, 0) is 60.4 Å². The molecule has 1 aromatic heterocycles. The van der Waals surface area contributed by atoms with Gasteiger partial charge in [-0.25, -0.2) is 0 Å². The molecule has 4 rings (SSSR count). The second kappa shape index (κ2) is 9.89. The first-order valence-electron chi connectivity index (χ1n) is 12.0. The van der Waals surface area contributed by atoms with Crippen molar-refractivity contribution in [3.8, 4) is 0 Å². The van der Waals surface area contributed by atoms with E-state index in [-0.39, 0.29) is 23.1 Å². The van der Waals surface area contributed by atoms with Crippen molar-refractivity contribution in [1.82, 2.24) is 15.1 Å². The summed E-state index contributed by atoms with van der Waals surface area (Å²) in [4.78, 5) is 29.4. The van der Waals surface area contributed by atoms with Crippen LogP contribution in [-0.4, -0.2) is 53.1 Å². The first-order valence-corrected chi connectivity index (χ1v) is 12.0. The summed E-state index contributed by atoms with van der Waals surface area (Å²) in [5, 5.41) is 11.1. The molecular formula is C26H35N5O2. The second-order valence-electron chi connectivity index (χ2n) is 10.5. The number of hydrogen-bond donors (Lipinski definition) is 1. The van der Waals surface area contributed by atoms with Crippen molar-refractivity contribution in [3.63, 3.8) is 0 Å². The minimum Gasteiger partial charge on any atom is -0.354 e. The van der Waals surface area contributed by atoms with Gasteiger partial charge in [-0.2, -0.15) is 5.10 Å². The maximum Gasteiger partial charge on any atom is 0.229 e. The number of hydrogen-bond acceptors (Lipinski definition) is 5. The van der Waals surface area contributed by atoms with Crippen LogP contribution in [0.2, 0.25) is 0 Å². The molecule has 0 radical (unpaired) electrons. The van der Waals surface area contributed by atoms with Crippen LogP contribution >= 0.6 is 0 Å². The third kappa shape index (κ3) is 6.09. The molecule has 2 amide bonds. The molecule has 7 heteroatoms. The van der Waals surface area contributed by atoms with Crippen molar-refractivity contribution in [2.75, 3.05) is 36.4 Å². The van der Waals surface area contributed by atoms with Crippen LogP contribution in [0, 0.1) is 11.3 Å². The van der Waals surface area contributed by atoms with Gasteiger partial charge in [-0.3, -0.25) is 9.59 Å². The highest BCUT2D eigenvalue weighted by molar-refractivity contribution is 5.93. The molecule has 176 valence electrons. The molecule has 0 spiro atoms. The van der Waals surface area contributed by atoms with Crippen molar-refractivity contribution in [1.29, 1.82) is 0 Å². The smallest absolute Gasteiger partial charge is 0.229 e. The predicted octanol–water partition coefficient (Wildman–Crippen LogP) is 4.08. The van der Waals surface area contributed by atoms with Crippen molar-refractivity contribution in [3.05, 3.63) is 48.2 Å². The zero-order valence-corrected chi connectivity index (χ0v) is 20.0. The number of benzene rings is 1. The lowest BCUT2D eigenvalue weighted by Gasteiger charge is -2.34. The fourth-order valence-electron chi connectivity index (χ4n) is 4.76. The predicted molar refractivity (Wildman–Crippen MR) is 130 cm³/mol. The first-order chi connectivity index (χ1) is 15.8. The van der Waals surface area contributed by atoms with Crippen LogP contribution < -0.4 is 10.2 Å². The minimum atomic E-state index is -0.0540. The number of piperidine rings is 1. The van der Waals surface area contributed by atoms with Crippen LogP contribution in [0.4, 0.5) is 11.5 Å². The number of rotatable bonds is 5. The highest BCUT2D eigenvalue weighted by Crippen LogP contribution is 2.30. The van der Waals surface area contributed by atoms with Gasteiger partial charge < -0.3 is 15.1 Å². The number of likely N-dealkylation sites (tertiary alicyclic amines) is 1. The van der Waals surface area contributed by atoms with Crippen LogP contribution in [0.25, 0.3) is 0 Å². The molecule has 1 aromatic carbocycles. The van der Waals surface area contributed by atoms with Gasteiger partial charge in [0.2, 0.25) is 11.8 Å². The Morgan fingerprint density at radius 2 is 1.76 bits per heavy atom. The Morgan fingerprint density at radius 1 is 1.03 bits per heavy atom. The number of nitrogens with zero attached hydrogens (tertiary/aromatic N) is 4. The average Bonchev–Trinajstić information content (AvgIpc) is 3.30. The molecular weight excluding hydrogens is 414 g/mol. The first kappa shape index (κ1) is 23.2. The van der Waals surface area contributed by atoms with Crippen LogP contribution in [0.3, 0.4) is 0 Å². The summed E-state index contributed by atoms with van der Waals surface area (Å²) in [5.74, 6) is 1.55. The van der Waals surface area contributed by atoms with Crippen molar-refractivity contribution in [2.24, 2.45) is 11.3 Å². The largest absolute Gasteiger partial charge is 0.354 e.